The van der Waals surface area contributed by atoms with Crippen LogP contribution in [0.1, 0.15) is 117 Å². The number of carboxylic acids is 1. The lowest BCUT2D eigenvalue weighted by atomic mass is 10.1. The van der Waals surface area contributed by atoms with Gasteiger partial charge in [0.1, 0.15) is 6.61 Å². The molecule has 1 N–H and O–H groups in total. The minimum atomic E-state index is -0.886. The Hall–Kier alpha value is -2.45. The second-order valence-corrected chi connectivity index (χ2v) is 12.0. The first-order valence-corrected chi connectivity index (χ1v) is 16.5. The number of nitrogens with zero attached hydrogens (tertiary/aromatic N) is 1. The SMILES string of the molecule is CCCCC/C=C\C/C=C\C/C=C\CCCCCCCCC(=O)OC(COCCC(C(=O)O)[N+](C)(C)C)COC(=O)CC. The second kappa shape index (κ2) is 27.1. The minimum Gasteiger partial charge on any atom is -0.477 e. The van der Waals surface area contributed by atoms with Gasteiger partial charge in [0.05, 0.1) is 34.4 Å². The molecule has 43 heavy (non-hydrogen) atoms. The Kier molecular flexibility index (Phi) is 25.6. The number of esters is 2. The molecular formula is C35H62NO7+. The predicted molar refractivity (Wildman–Crippen MR) is 174 cm³/mol. The zero-order valence-corrected chi connectivity index (χ0v) is 27.9. The van der Waals surface area contributed by atoms with Crippen molar-refractivity contribution in [2.75, 3.05) is 41.0 Å². The van der Waals surface area contributed by atoms with Crippen LogP contribution >= 0.6 is 0 Å². The summed E-state index contributed by atoms with van der Waals surface area (Å²) in [6.07, 6.45) is 28.2. The van der Waals surface area contributed by atoms with Gasteiger partial charge >= 0.3 is 17.9 Å². The van der Waals surface area contributed by atoms with E-state index in [2.05, 4.69) is 43.4 Å². The number of hydrogen-bond acceptors (Lipinski definition) is 6. The third-order valence-electron chi connectivity index (χ3n) is 7.10. The van der Waals surface area contributed by atoms with Crippen molar-refractivity contribution in [1.82, 2.24) is 0 Å². The number of carbonyl (C=O) groups excluding carboxylic acids is 2. The average molecular weight is 609 g/mol. The first kappa shape index (κ1) is 40.5. The Balaban J connectivity index is 4.06. The van der Waals surface area contributed by atoms with Gasteiger partial charge in [0.15, 0.2) is 12.1 Å². The normalized spacial score (nSPS) is 13.6. The minimum absolute atomic E-state index is 0.0491. The van der Waals surface area contributed by atoms with Gasteiger partial charge in [-0.05, 0) is 44.9 Å². The van der Waals surface area contributed by atoms with Crippen molar-refractivity contribution in [2.45, 2.75) is 129 Å². The van der Waals surface area contributed by atoms with Crippen LogP contribution in [0.5, 0.6) is 0 Å². The van der Waals surface area contributed by atoms with E-state index in [1.807, 2.05) is 21.1 Å². The zero-order chi connectivity index (χ0) is 32.2. The van der Waals surface area contributed by atoms with Gasteiger partial charge in [-0.1, -0.05) is 88.8 Å². The van der Waals surface area contributed by atoms with E-state index in [9.17, 15) is 19.5 Å². The molecule has 8 nitrogen and oxygen atoms in total. The molecule has 0 aromatic rings. The number of rotatable bonds is 28. The van der Waals surface area contributed by atoms with Gasteiger partial charge in [0.25, 0.3) is 0 Å². The number of ether oxygens (including phenoxy) is 3. The van der Waals surface area contributed by atoms with Crippen molar-refractivity contribution in [1.29, 1.82) is 0 Å². The topological polar surface area (TPSA) is 99.1 Å². The van der Waals surface area contributed by atoms with E-state index in [4.69, 9.17) is 14.2 Å². The summed E-state index contributed by atoms with van der Waals surface area (Å²) < 4.78 is 16.6. The molecule has 2 atom stereocenters. The van der Waals surface area contributed by atoms with Crippen LogP contribution < -0.4 is 0 Å². The van der Waals surface area contributed by atoms with Crippen LogP contribution in [0.25, 0.3) is 0 Å². The van der Waals surface area contributed by atoms with Gasteiger partial charge in [-0.15, -0.1) is 0 Å². The maximum Gasteiger partial charge on any atom is 0.362 e. The summed E-state index contributed by atoms with van der Waals surface area (Å²) in [5.41, 5.74) is 0. The Morgan fingerprint density at radius 1 is 0.721 bits per heavy atom. The van der Waals surface area contributed by atoms with Gasteiger partial charge in [-0.3, -0.25) is 9.59 Å². The molecule has 0 spiro atoms. The third-order valence-corrected chi connectivity index (χ3v) is 7.10. The van der Waals surface area contributed by atoms with E-state index in [-0.39, 0.29) is 42.7 Å². The van der Waals surface area contributed by atoms with Gasteiger partial charge < -0.3 is 23.8 Å². The second-order valence-electron chi connectivity index (χ2n) is 12.0. The number of aliphatic carboxylic acids is 1. The van der Waals surface area contributed by atoms with Gasteiger partial charge in [-0.2, -0.15) is 0 Å². The molecule has 8 heteroatoms. The largest absolute Gasteiger partial charge is 0.477 e. The lowest BCUT2D eigenvalue weighted by Crippen LogP contribution is -2.50. The molecule has 0 heterocycles. The van der Waals surface area contributed by atoms with Crippen molar-refractivity contribution in [3.05, 3.63) is 36.5 Å². The standard InChI is InChI=1S/C35H61NO7/c1-6-8-9-10-11-12-13-14-15-16-17-18-19-20-21-22-23-24-25-26-34(38)43-31(30-42-33(37)7-2)29-41-28-27-32(35(39)40)36(3,4)5/h11-12,14-15,17-18,31-32H,6-10,13,16,19-30H2,1-5H3/p+1/b12-11-,15-14-,18-17-. The highest BCUT2D eigenvalue weighted by molar-refractivity contribution is 5.72. The number of hydrogen-bond donors (Lipinski definition) is 1. The number of likely N-dealkylation sites (N-methyl/N-ethyl adjacent to an activating group) is 1. The molecule has 0 aromatic heterocycles. The quantitative estimate of drug-likeness (QED) is 0.0423. The summed E-state index contributed by atoms with van der Waals surface area (Å²) in [5.74, 6) is -1.60. The van der Waals surface area contributed by atoms with E-state index < -0.39 is 18.1 Å². The summed E-state index contributed by atoms with van der Waals surface area (Å²) in [4.78, 5) is 35.5. The maximum atomic E-state index is 12.4. The number of quaternary nitrogens is 1. The fourth-order valence-electron chi connectivity index (χ4n) is 4.43. The Bertz CT molecular complexity index is 813. The van der Waals surface area contributed by atoms with Crippen molar-refractivity contribution in [3.63, 3.8) is 0 Å². The molecule has 0 rings (SSSR count). The lowest BCUT2D eigenvalue weighted by Gasteiger charge is -2.31. The number of allylic oxidation sites excluding steroid dienone is 6. The van der Waals surface area contributed by atoms with Crippen LogP contribution in [-0.2, 0) is 28.6 Å². The third kappa shape index (κ3) is 25.7. The maximum absolute atomic E-state index is 12.4. The predicted octanol–water partition coefficient (Wildman–Crippen LogP) is 7.57. The van der Waals surface area contributed by atoms with Crippen molar-refractivity contribution >= 4 is 17.9 Å². The summed E-state index contributed by atoms with van der Waals surface area (Å²) >= 11 is 0. The molecule has 0 aromatic carbocycles. The molecule has 0 radical (unpaired) electrons. The van der Waals surface area contributed by atoms with Crippen LogP contribution in [0.4, 0.5) is 0 Å². The highest BCUT2D eigenvalue weighted by atomic mass is 16.6. The number of unbranched alkanes of at least 4 members (excludes halogenated alkanes) is 9. The number of carbonyl (C=O) groups is 3. The van der Waals surface area contributed by atoms with Crippen molar-refractivity contribution in [2.24, 2.45) is 0 Å². The van der Waals surface area contributed by atoms with Crippen LogP contribution in [-0.4, -0.2) is 80.6 Å². The molecule has 2 unspecified atom stereocenters. The Labute approximate surface area is 262 Å². The van der Waals surface area contributed by atoms with Crippen LogP contribution in [0, 0.1) is 0 Å². The lowest BCUT2D eigenvalue weighted by molar-refractivity contribution is -0.887. The van der Waals surface area contributed by atoms with Crippen LogP contribution in [0.3, 0.4) is 0 Å². The van der Waals surface area contributed by atoms with Crippen LogP contribution in [0.2, 0.25) is 0 Å². The first-order valence-electron chi connectivity index (χ1n) is 16.5. The average Bonchev–Trinajstić information content (AvgIpc) is 2.95. The van der Waals surface area contributed by atoms with Crippen molar-refractivity contribution in [3.8, 4) is 0 Å². The highest BCUT2D eigenvalue weighted by Gasteiger charge is 2.31. The monoisotopic (exact) mass is 608 g/mol. The molecule has 0 aliphatic rings. The molecule has 0 saturated heterocycles. The first-order chi connectivity index (χ1) is 20.6. The molecule has 0 amide bonds. The Morgan fingerprint density at radius 2 is 1.28 bits per heavy atom. The summed E-state index contributed by atoms with van der Waals surface area (Å²) in [6.45, 7) is 4.11. The molecule has 0 aliphatic heterocycles. The number of carboxylic acid groups (broad SMARTS) is 1. The molecular weight excluding hydrogens is 546 g/mol. The fraction of sp³-hybridized carbons (Fsp3) is 0.743. The van der Waals surface area contributed by atoms with Gasteiger partial charge in [0, 0.05) is 19.3 Å². The van der Waals surface area contributed by atoms with Crippen LogP contribution in [0.15, 0.2) is 36.5 Å². The smallest absolute Gasteiger partial charge is 0.362 e. The Morgan fingerprint density at radius 3 is 1.84 bits per heavy atom. The highest BCUT2D eigenvalue weighted by Crippen LogP contribution is 2.12. The summed E-state index contributed by atoms with van der Waals surface area (Å²) in [7, 11) is 5.46. The molecule has 0 saturated carbocycles. The van der Waals surface area contributed by atoms with E-state index >= 15 is 0 Å². The molecule has 0 fully saturated rings. The van der Waals surface area contributed by atoms with Gasteiger partial charge in [-0.25, -0.2) is 4.79 Å². The van der Waals surface area contributed by atoms with E-state index in [0.717, 1.165) is 44.9 Å². The summed E-state index contributed by atoms with van der Waals surface area (Å²) in [5, 5.41) is 9.46. The van der Waals surface area contributed by atoms with E-state index in [0.29, 0.717) is 12.8 Å². The van der Waals surface area contributed by atoms with Gasteiger partial charge in [0.2, 0.25) is 0 Å². The fourth-order valence-corrected chi connectivity index (χ4v) is 4.43. The molecule has 0 aliphatic carbocycles. The molecule has 248 valence electrons. The van der Waals surface area contributed by atoms with E-state index in [1.165, 1.54) is 38.5 Å². The molecule has 0 bridgehead atoms. The zero-order valence-electron chi connectivity index (χ0n) is 27.9. The summed E-state index contributed by atoms with van der Waals surface area (Å²) in [6, 6.07) is -0.611. The van der Waals surface area contributed by atoms with E-state index in [1.54, 1.807) is 6.92 Å². The van der Waals surface area contributed by atoms with Crippen molar-refractivity contribution < 1.29 is 38.2 Å².